The zero-order chi connectivity index (χ0) is 22.6. The molecular formula is C24H30N4O3. The Labute approximate surface area is 183 Å². The summed E-state index contributed by atoms with van der Waals surface area (Å²) in [5.74, 6) is 1.42. The van der Waals surface area contributed by atoms with Gasteiger partial charge in [-0.3, -0.25) is 4.79 Å². The van der Waals surface area contributed by atoms with E-state index < -0.39 is 0 Å². The first kappa shape index (κ1) is 22.3. The van der Waals surface area contributed by atoms with Crippen molar-refractivity contribution in [3.8, 4) is 28.8 Å². The summed E-state index contributed by atoms with van der Waals surface area (Å²) in [5.41, 5.74) is 2.37. The van der Waals surface area contributed by atoms with Crippen LogP contribution in [0.2, 0.25) is 0 Å². The predicted octanol–water partition coefficient (Wildman–Crippen LogP) is 5.10. The minimum Gasteiger partial charge on any atom is -0.497 e. The molecule has 0 aliphatic rings. The van der Waals surface area contributed by atoms with Gasteiger partial charge in [-0.05, 0) is 67.8 Å². The van der Waals surface area contributed by atoms with Crippen molar-refractivity contribution in [2.45, 2.75) is 47.1 Å². The Hall–Kier alpha value is -3.35. The average Bonchev–Trinajstić information content (AvgIpc) is 3.10. The summed E-state index contributed by atoms with van der Waals surface area (Å²) in [6.07, 6.45) is 0.412. The summed E-state index contributed by atoms with van der Waals surface area (Å²) in [7, 11) is 1.63. The molecular weight excluding hydrogens is 392 g/mol. The lowest BCUT2D eigenvalue weighted by molar-refractivity contribution is -0.117. The minimum atomic E-state index is -0.0646. The molecule has 1 heterocycles. The third kappa shape index (κ3) is 6.07. The molecule has 0 bridgehead atoms. The maximum absolute atomic E-state index is 12.2. The molecule has 0 unspecified atom stereocenters. The van der Waals surface area contributed by atoms with Crippen molar-refractivity contribution >= 4 is 11.6 Å². The normalized spacial score (nSPS) is 11.5. The summed E-state index contributed by atoms with van der Waals surface area (Å²) < 4.78 is 12.7. The van der Waals surface area contributed by atoms with E-state index in [4.69, 9.17) is 9.47 Å². The molecule has 1 aromatic heterocycles. The fourth-order valence-electron chi connectivity index (χ4n) is 3.03. The second kappa shape index (κ2) is 9.20. The Morgan fingerprint density at radius 2 is 1.71 bits per heavy atom. The summed E-state index contributed by atoms with van der Waals surface area (Å²) in [6, 6.07) is 15.4. The number of carbonyl (C=O) groups excluding carboxylic acids is 1. The van der Waals surface area contributed by atoms with Crippen LogP contribution in [-0.2, 0) is 4.79 Å². The van der Waals surface area contributed by atoms with Crippen LogP contribution in [0.5, 0.6) is 11.8 Å². The van der Waals surface area contributed by atoms with Gasteiger partial charge in [0.2, 0.25) is 5.91 Å². The maximum Gasteiger partial charge on any atom is 0.336 e. The van der Waals surface area contributed by atoms with Gasteiger partial charge in [0.05, 0.1) is 18.9 Å². The van der Waals surface area contributed by atoms with Crippen molar-refractivity contribution in [1.29, 1.82) is 0 Å². The van der Waals surface area contributed by atoms with E-state index in [2.05, 4.69) is 15.4 Å². The fourth-order valence-corrected chi connectivity index (χ4v) is 3.03. The van der Waals surface area contributed by atoms with E-state index in [1.165, 1.54) is 0 Å². The van der Waals surface area contributed by atoms with Crippen LogP contribution in [-0.4, -0.2) is 33.9 Å². The van der Waals surface area contributed by atoms with Crippen LogP contribution in [0.4, 0.5) is 5.69 Å². The number of carbonyl (C=O) groups is 1. The number of nitrogens with one attached hydrogen (secondary N) is 1. The molecule has 3 aromatic rings. The van der Waals surface area contributed by atoms with Gasteiger partial charge in [-0.2, -0.15) is 4.98 Å². The van der Waals surface area contributed by atoms with Gasteiger partial charge in [0.1, 0.15) is 5.75 Å². The number of benzene rings is 2. The van der Waals surface area contributed by atoms with Gasteiger partial charge in [-0.25, -0.2) is 4.68 Å². The number of aromatic nitrogens is 3. The number of ether oxygens (including phenoxy) is 2. The number of hydrogen-bond donors (Lipinski definition) is 1. The second-order valence-corrected chi connectivity index (χ2v) is 8.86. The third-order valence-corrected chi connectivity index (χ3v) is 4.36. The lowest BCUT2D eigenvalue weighted by atomic mass is 9.92. The Morgan fingerprint density at radius 3 is 2.26 bits per heavy atom. The van der Waals surface area contributed by atoms with Crippen molar-refractivity contribution in [2.75, 3.05) is 12.4 Å². The molecule has 1 amide bonds. The molecule has 3 rings (SSSR count). The zero-order valence-electron chi connectivity index (χ0n) is 19.0. The molecule has 0 radical (unpaired) electrons. The van der Waals surface area contributed by atoms with E-state index >= 15 is 0 Å². The predicted molar refractivity (Wildman–Crippen MR) is 122 cm³/mol. The van der Waals surface area contributed by atoms with Gasteiger partial charge in [-0.1, -0.05) is 20.8 Å². The molecule has 31 heavy (non-hydrogen) atoms. The van der Waals surface area contributed by atoms with E-state index in [0.29, 0.717) is 18.3 Å². The van der Waals surface area contributed by atoms with Crippen molar-refractivity contribution < 1.29 is 14.3 Å². The van der Waals surface area contributed by atoms with Gasteiger partial charge >= 0.3 is 6.01 Å². The van der Waals surface area contributed by atoms with Crippen molar-refractivity contribution in [3.63, 3.8) is 0 Å². The quantitative estimate of drug-likeness (QED) is 0.573. The van der Waals surface area contributed by atoms with E-state index in [1.54, 1.807) is 11.8 Å². The number of hydrogen-bond acceptors (Lipinski definition) is 5. The smallest absolute Gasteiger partial charge is 0.336 e. The minimum absolute atomic E-state index is 0.00690. The molecule has 0 saturated carbocycles. The number of rotatable bonds is 7. The maximum atomic E-state index is 12.2. The van der Waals surface area contributed by atoms with Crippen LogP contribution in [0.1, 0.15) is 41.0 Å². The Balaban J connectivity index is 1.89. The SMILES string of the molecule is COc1ccc(-c2nc(OC(C)C)nn2-c2ccc(NC(=O)CC(C)(C)C)cc2)cc1. The van der Waals surface area contributed by atoms with Crippen LogP contribution in [0.25, 0.3) is 17.1 Å². The van der Waals surface area contributed by atoms with Crippen LogP contribution in [0.3, 0.4) is 0 Å². The first-order chi connectivity index (χ1) is 14.6. The van der Waals surface area contributed by atoms with E-state index in [9.17, 15) is 4.79 Å². The number of amides is 1. The standard InChI is InChI=1S/C24H30N4O3/c1-16(2)31-23-26-22(17-7-13-20(30-6)14-8-17)28(27-23)19-11-9-18(10-12-19)25-21(29)15-24(3,4)5/h7-14,16H,15H2,1-6H3,(H,25,29). The number of anilines is 1. The van der Waals surface area contributed by atoms with Crippen LogP contribution in [0.15, 0.2) is 48.5 Å². The lowest BCUT2D eigenvalue weighted by Crippen LogP contribution is -2.19. The second-order valence-electron chi connectivity index (χ2n) is 8.86. The Morgan fingerprint density at radius 1 is 1.06 bits per heavy atom. The third-order valence-electron chi connectivity index (χ3n) is 4.36. The molecule has 0 atom stereocenters. The van der Waals surface area contributed by atoms with Crippen LogP contribution >= 0.6 is 0 Å². The molecule has 0 spiro atoms. The fraction of sp³-hybridized carbons (Fsp3) is 0.375. The molecule has 0 fully saturated rings. The molecule has 0 saturated heterocycles. The van der Waals surface area contributed by atoms with E-state index in [-0.39, 0.29) is 17.4 Å². The monoisotopic (exact) mass is 422 g/mol. The summed E-state index contributed by atoms with van der Waals surface area (Å²) in [6.45, 7) is 9.99. The lowest BCUT2D eigenvalue weighted by Gasteiger charge is -2.17. The highest BCUT2D eigenvalue weighted by molar-refractivity contribution is 5.91. The van der Waals surface area contributed by atoms with Crippen molar-refractivity contribution in [3.05, 3.63) is 48.5 Å². The van der Waals surface area contributed by atoms with Gasteiger partial charge in [0, 0.05) is 17.7 Å². The highest BCUT2D eigenvalue weighted by atomic mass is 16.5. The zero-order valence-corrected chi connectivity index (χ0v) is 19.0. The number of methoxy groups -OCH3 is 1. The van der Waals surface area contributed by atoms with Crippen LogP contribution < -0.4 is 14.8 Å². The Kier molecular flexibility index (Phi) is 6.63. The van der Waals surface area contributed by atoms with E-state index in [0.717, 1.165) is 22.7 Å². The topological polar surface area (TPSA) is 78.3 Å². The highest BCUT2D eigenvalue weighted by Gasteiger charge is 2.17. The largest absolute Gasteiger partial charge is 0.497 e. The van der Waals surface area contributed by atoms with Gasteiger partial charge in [-0.15, -0.1) is 5.10 Å². The van der Waals surface area contributed by atoms with E-state index in [1.807, 2.05) is 83.1 Å². The summed E-state index contributed by atoms with van der Waals surface area (Å²) in [5, 5.41) is 7.49. The Bertz CT molecular complexity index is 1020. The summed E-state index contributed by atoms with van der Waals surface area (Å²) >= 11 is 0. The van der Waals surface area contributed by atoms with Crippen LogP contribution in [0, 0.1) is 5.41 Å². The first-order valence-electron chi connectivity index (χ1n) is 10.3. The van der Waals surface area contributed by atoms with Crippen molar-refractivity contribution in [1.82, 2.24) is 14.8 Å². The van der Waals surface area contributed by atoms with Gasteiger partial charge in [0.15, 0.2) is 5.82 Å². The number of nitrogens with zero attached hydrogens (tertiary/aromatic N) is 3. The highest BCUT2D eigenvalue weighted by Crippen LogP contribution is 2.27. The molecule has 0 aliphatic heterocycles. The molecule has 1 N–H and O–H groups in total. The molecule has 164 valence electrons. The van der Waals surface area contributed by atoms with Gasteiger partial charge in [0.25, 0.3) is 0 Å². The molecule has 2 aromatic carbocycles. The first-order valence-corrected chi connectivity index (χ1v) is 10.3. The molecule has 0 aliphatic carbocycles. The molecule has 7 heteroatoms. The van der Waals surface area contributed by atoms with Crippen molar-refractivity contribution in [2.24, 2.45) is 5.41 Å². The molecule has 7 nitrogen and oxygen atoms in total. The average molecular weight is 423 g/mol. The van der Waals surface area contributed by atoms with Gasteiger partial charge < -0.3 is 14.8 Å². The summed E-state index contributed by atoms with van der Waals surface area (Å²) in [4.78, 5) is 16.8.